The number of likely N-dealkylation sites (tertiary alicyclic amines) is 1. The molecular formula is C22H25N3O2. The van der Waals surface area contributed by atoms with Crippen molar-refractivity contribution < 1.29 is 9.59 Å². The molecule has 0 bridgehead atoms. The van der Waals surface area contributed by atoms with Gasteiger partial charge in [0.1, 0.15) is 0 Å². The molecule has 1 N–H and O–H groups in total. The molecule has 1 saturated carbocycles. The third-order valence-electron chi connectivity index (χ3n) is 5.90. The van der Waals surface area contributed by atoms with Gasteiger partial charge in [-0.15, -0.1) is 0 Å². The second-order valence-corrected chi connectivity index (χ2v) is 7.75. The highest BCUT2D eigenvalue weighted by atomic mass is 16.2. The topological polar surface area (TPSA) is 62.3 Å². The van der Waals surface area contributed by atoms with Gasteiger partial charge in [-0.25, -0.2) is 0 Å². The van der Waals surface area contributed by atoms with E-state index in [0.29, 0.717) is 13.0 Å². The standard InChI is InChI=1S/C22H25N3O2/c26-20(9-8-17-5-2-1-3-6-17)25-12-10-22(16-25)13-19(22)21(27)24-15-18-7-4-11-23-14-18/h1-7,11,14,19H,8-10,12-13,15-16H2,(H,24,27)/t19-,22-/m1/s1. The van der Waals surface area contributed by atoms with E-state index in [2.05, 4.69) is 22.4 Å². The van der Waals surface area contributed by atoms with Crippen LogP contribution in [0.2, 0.25) is 0 Å². The highest BCUT2D eigenvalue weighted by molar-refractivity contribution is 5.83. The Labute approximate surface area is 159 Å². The number of benzene rings is 1. The number of pyridine rings is 1. The molecule has 1 aromatic carbocycles. The Kier molecular flexibility index (Phi) is 4.92. The maximum Gasteiger partial charge on any atom is 0.224 e. The highest BCUT2D eigenvalue weighted by Crippen LogP contribution is 2.58. The fraction of sp³-hybridized carbons (Fsp3) is 0.409. The van der Waals surface area contributed by atoms with Crippen molar-refractivity contribution in [3.63, 3.8) is 0 Å². The van der Waals surface area contributed by atoms with Crippen LogP contribution in [0, 0.1) is 11.3 Å². The number of rotatable bonds is 6. The normalized spacial score (nSPS) is 23.4. The predicted octanol–water partition coefficient (Wildman–Crippen LogP) is 2.57. The van der Waals surface area contributed by atoms with Crippen molar-refractivity contribution in [2.24, 2.45) is 11.3 Å². The van der Waals surface area contributed by atoms with E-state index in [1.54, 1.807) is 12.4 Å². The van der Waals surface area contributed by atoms with Crippen LogP contribution in [0.15, 0.2) is 54.9 Å². The van der Waals surface area contributed by atoms with Crippen molar-refractivity contribution in [2.45, 2.75) is 32.2 Å². The molecule has 2 atom stereocenters. The van der Waals surface area contributed by atoms with Gasteiger partial charge in [-0.3, -0.25) is 14.6 Å². The fourth-order valence-electron chi connectivity index (χ4n) is 4.15. The summed E-state index contributed by atoms with van der Waals surface area (Å²) < 4.78 is 0. The molecule has 2 heterocycles. The summed E-state index contributed by atoms with van der Waals surface area (Å²) in [4.78, 5) is 31.1. The highest BCUT2D eigenvalue weighted by Gasteiger charge is 2.61. The first-order valence-corrected chi connectivity index (χ1v) is 9.65. The minimum atomic E-state index is 0.0153. The predicted molar refractivity (Wildman–Crippen MR) is 103 cm³/mol. The van der Waals surface area contributed by atoms with Gasteiger partial charge in [0.05, 0.1) is 0 Å². The lowest BCUT2D eigenvalue weighted by atomic mass is 10.0. The van der Waals surface area contributed by atoms with E-state index in [-0.39, 0.29) is 23.1 Å². The zero-order chi connectivity index (χ0) is 18.7. The molecule has 2 aliphatic rings. The van der Waals surface area contributed by atoms with Gasteiger partial charge in [-0.2, -0.15) is 0 Å². The van der Waals surface area contributed by atoms with Crippen LogP contribution in [0.5, 0.6) is 0 Å². The number of aromatic nitrogens is 1. The number of nitrogens with one attached hydrogen (secondary N) is 1. The summed E-state index contributed by atoms with van der Waals surface area (Å²) in [6.45, 7) is 2.02. The van der Waals surface area contributed by atoms with Crippen molar-refractivity contribution in [1.82, 2.24) is 15.2 Å². The second kappa shape index (κ2) is 7.51. The summed E-state index contributed by atoms with van der Waals surface area (Å²) in [5.41, 5.74) is 2.21. The number of nitrogens with zero attached hydrogens (tertiary/aromatic N) is 2. The number of amides is 2. The first-order chi connectivity index (χ1) is 13.2. The summed E-state index contributed by atoms with van der Waals surface area (Å²) in [5.74, 6) is 0.357. The van der Waals surface area contributed by atoms with E-state index in [1.807, 2.05) is 35.2 Å². The van der Waals surface area contributed by atoms with Gasteiger partial charge < -0.3 is 10.2 Å². The molecule has 2 aromatic rings. The van der Waals surface area contributed by atoms with E-state index in [4.69, 9.17) is 0 Å². The van der Waals surface area contributed by atoms with Crippen LogP contribution in [0.3, 0.4) is 0 Å². The monoisotopic (exact) mass is 363 g/mol. The average Bonchev–Trinajstić information content (AvgIpc) is 3.25. The molecule has 2 amide bonds. The molecule has 1 spiro atoms. The maximum atomic E-state index is 12.5. The van der Waals surface area contributed by atoms with Crippen LogP contribution in [0.25, 0.3) is 0 Å². The zero-order valence-corrected chi connectivity index (χ0v) is 15.4. The molecule has 27 heavy (non-hydrogen) atoms. The van der Waals surface area contributed by atoms with Crippen LogP contribution in [0.4, 0.5) is 0 Å². The molecule has 140 valence electrons. The molecule has 5 heteroatoms. The van der Waals surface area contributed by atoms with Gasteiger partial charge in [-0.05, 0) is 36.5 Å². The first kappa shape index (κ1) is 17.7. The Morgan fingerprint density at radius 2 is 1.96 bits per heavy atom. The van der Waals surface area contributed by atoms with Crippen LogP contribution in [0.1, 0.15) is 30.4 Å². The van der Waals surface area contributed by atoms with E-state index in [1.165, 1.54) is 5.56 Å². The number of hydrogen-bond acceptors (Lipinski definition) is 3. The molecule has 4 rings (SSSR count). The lowest BCUT2D eigenvalue weighted by Crippen LogP contribution is -2.31. The lowest BCUT2D eigenvalue weighted by molar-refractivity contribution is -0.130. The van der Waals surface area contributed by atoms with Crippen molar-refractivity contribution >= 4 is 11.8 Å². The van der Waals surface area contributed by atoms with Gasteiger partial charge in [0.25, 0.3) is 0 Å². The molecule has 1 saturated heterocycles. The Balaban J connectivity index is 1.24. The number of carbonyl (C=O) groups is 2. The van der Waals surface area contributed by atoms with Crippen molar-refractivity contribution in [3.05, 3.63) is 66.0 Å². The molecule has 1 aliphatic carbocycles. The Bertz CT molecular complexity index is 753. The molecule has 0 unspecified atom stereocenters. The number of carbonyl (C=O) groups excluding carboxylic acids is 2. The van der Waals surface area contributed by atoms with Crippen LogP contribution >= 0.6 is 0 Å². The van der Waals surface area contributed by atoms with Crippen molar-refractivity contribution in [2.75, 3.05) is 13.1 Å². The molecule has 1 aliphatic heterocycles. The van der Waals surface area contributed by atoms with Gasteiger partial charge in [0.15, 0.2) is 0 Å². The Hall–Kier alpha value is -2.69. The van der Waals surface area contributed by atoms with Gasteiger partial charge in [0, 0.05) is 49.8 Å². The first-order valence-electron chi connectivity index (χ1n) is 9.65. The largest absolute Gasteiger partial charge is 0.352 e. The minimum absolute atomic E-state index is 0.0153. The van der Waals surface area contributed by atoms with Crippen LogP contribution in [-0.4, -0.2) is 34.8 Å². The van der Waals surface area contributed by atoms with E-state index < -0.39 is 0 Å². The van der Waals surface area contributed by atoms with E-state index in [9.17, 15) is 9.59 Å². The Morgan fingerprint density at radius 1 is 1.15 bits per heavy atom. The average molecular weight is 363 g/mol. The minimum Gasteiger partial charge on any atom is -0.352 e. The number of hydrogen-bond donors (Lipinski definition) is 1. The summed E-state index contributed by atoms with van der Waals surface area (Å²) in [7, 11) is 0. The van der Waals surface area contributed by atoms with E-state index in [0.717, 1.165) is 37.9 Å². The molecule has 2 fully saturated rings. The Morgan fingerprint density at radius 3 is 2.74 bits per heavy atom. The third kappa shape index (κ3) is 4.02. The smallest absolute Gasteiger partial charge is 0.224 e. The summed E-state index contributed by atoms with van der Waals surface area (Å²) in [5, 5.41) is 3.02. The number of aryl methyl sites for hydroxylation is 1. The van der Waals surface area contributed by atoms with E-state index >= 15 is 0 Å². The maximum absolute atomic E-state index is 12.5. The molecule has 1 aromatic heterocycles. The SMILES string of the molecule is O=C(NCc1cccnc1)[C@H]1C[C@@]12CCN(C(=O)CCc1ccccc1)C2. The molecule has 5 nitrogen and oxygen atoms in total. The summed E-state index contributed by atoms with van der Waals surface area (Å²) in [6, 6.07) is 13.9. The fourth-order valence-corrected chi connectivity index (χ4v) is 4.15. The van der Waals surface area contributed by atoms with Crippen molar-refractivity contribution in [3.8, 4) is 0 Å². The zero-order valence-electron chi connectivity index (χ0n) is 15.4. The van der Waals surface area contributed by atoms with Gasteiger partial charge in [0.2, 0.25) is 11.8 Å². The third-order valence-corrected chi connectivity index (χ3v) is 5.90. The van der Waals surface area contributed by atoms with Gasteiger partial charge >= 0.3 is 0 Å². The summed E-state index contributed by atoms with van der Waals surface area (Å²) in [6.07, 6.45) is 6.65. The van der Waals surface area contributed by atoms with Crippen molar-refractivity contribution in [1.29, 1.82) is 0 Å². The summed E-state index contributed by atoms with van der Waals surface area (Å²) >= 11 is 0. The second-order valence-electron chi connectivity index (χ2n) is 7.75. The van der Waals surface area contributed by atoms with Gasteiger partial charge in [-0.1, -0.05) is 36.4 Å². The van der Waals surface area contributed by atoms with Crippen LogP contribution < -0.4 is 5.32 Å². The van der Waals surface area contributed by atoms with Crippen LogP contribution in [-0.2, 0) is 22.6 Å². The molecule has 0 radical (unpaired) electrons. The lowest BCUT2D eigenvalue weighted by Gasteiger charge is -2.17. The molecular weight excluding hydrogens is 338 g/mol. The quantitative estimate of drug-likeness (QED) is 0.858.